The van der Waals surface area contributed by atoms with E-state index in [1.807, 2.05) is 6.92 Å². The molecule has 1 aromatic heterocycles. The first-order chi connectivity index (χ1) is 10.1. The first-order valence-electron chi connectivity index (χ1n) is 6.47. The molecule has 2 rings (SSSR count). The quantitative estimate of drug-likeness (QED) is 0.857. The summed E-state index contributed by atoms with van der Waals surface area (Å²) < 4.78 is 31.6. The summed E-state index contributed by atoms with van der Waals surface area (Å²) in [5, 5.41) is 5.75. The third-order valence-electron chi connectivity index (χ3n) is 2.60. The summed E-state index contributed by atoms with van der Waals surface area (Å²) in [4.78, 5) is 8.47. The van der Waals surface area contributed by atoms with Gasteiger partial charge >= 0.3 is 0 Å². The second-order valence-corrected chi connectivity index (χ2v) is 4.22. The van der Waals surface area contributed by atoms with Crippen LogP contribution < -0.4 is 10.6 Å². The molecule has 112 valence electrons. The van der Waals surface area contributed by atoms with Crippen LogP contribution in [0.4, 0.5) is 26.1 Å². The summed E-state index contributed by atoms with van der Waals surface area (Å²) in [7, 11) is 1.72. The van der Waals surface area contributed by atoms with Crippen LogP contribution in [-0.2, 0) is 11.3 Å². The largest absolute Gasteiger partial charge is 0.374 e. The highest BCUT2D eigenvalue weighted by Crippen LogP contribution is 2.19. The number of benzene rings is 1. The van der Waals surface area contributed by atoms with Gasteiger partial charge < -0.3 is 15.4 Å². The highest BCUT2D eigenvalue weighted by molar-refractivity contribution is 5.59. The lowest BCUT2D eigenvalue weighted by Crippen LogP contribution is -2.05. The number of anilines is 3. The molecule has 5 nitrogen and oxygen atoms in total. The van der Waals surface area contributed by atoms with Crippen LogP contribution in [0.5, 0.6) is 0 Å². The standard InChI is InChI=1S/C14H16F2N4O/c1-3-21-8-14-19-12(17-2)7-13(20-14)18-11-5-9(15)4-10(16)6-11/h4-7H,3,8H2,1-2H3,(H2,17,18,19,20). The van der Waals surface area contributed by atoms with E-state index in [2.05, 4.69) is 20.6 Å². The molecule has 0 atom stereocenters. The topological polar surface area (TPSA) is 59.1 Å². The molecule has 0 bridgehead atoms. The van der Waals surface area contributed by atoms with Gasteiger partial charge in [0, 0.05) is 31.5 Å². The molecule has 1 aromatic carbocycles. The van der Waals surface area contributed by atoms with Gasteiger partial charge in [-0.3, -0.25) is 0 Å². The maximum absolute atomic E-state index is 13.2. The molecule has 0 fully saturated rings. The summed E-state index contributed by atoms with van der Waals surface area (Å²) in [5.74, 6) is 0.168. The molecule has 0 saturated heterocycles. The van der Waals surface area contributed by atoms with Crippen molar-refractivity contribution in [3.05, 3.63) is 41.7 Å². The number of halogens is 2. The minimum atomic E-state index is -0.657. The van der Waals surface area contributed by atoms with E-state index in [4.69, 9.17) is 4.74 Å². The van der Waals surface area contributed by atoms with Crippen LogP contribution in [0.2, 0.25) is 0 Å². The van der Waals surface area contributed by atoms with Gasteiger partial charge in [-0.2, -0.15) is 0 Å². The van der Waals surface area contributed by atoms with Crippen molar-refractivity contribution in [1.29, 1.82) is 0 Å². The zero-order chi connectivity index (χ0) is 15.2. The molecule has 2 N–H and O–H groups in total. The van der Waals surface area contributed by atoms with E-state index in [0.717, 1.165) is 6.07 Å². The summed E-state index contributed by atoms with van der Waals surface area (Å²) >= 11 is 0. The molecule has 0 aliphatic heterocycles. The van der Waals surface area contributed by atoms with Crippen molar-refractivity contribution >= 4 is 17.3 Å². The normalized spacial score (nSPS) is 10.5. The van der Waals surface area contributed by atoms with E-state index in [9.17, 15) is 8.78 Å². The highest BCUT2D eigenvalue weighted by atomic mass is 19.1. The summed E-state index contributed by atoms with van der Waals surface area (Å²) in [6.45, 7) is 2.68. The Morgan fingerprint density at radius 3 is 2.33 bits per heavy atom. The molecule has 7 heteroatoms. The molecular weight excluding hydrogens is 278 g/mol. The number of nitrogens with one attached hydrogen (secondary N) is 2. The van der Waals surface area contributed by atoms with Gasteiger partial charge in [0.2, 0.25) is 0 Å². The fraction of sp³-hybridized carbons (Fsp3) is 0.286. The lowest BCUT2D eigenvalue weighted by molar-refractivity contribution is 0.128. The Morgan fingerprint density at radius 2 is 1.71 bits per heavy atom. The van der Waals surface area contributed by atoms with Crippen LogP contribution >= 0.6 is 0 Å². The number of hydrogen-bond donors (Lipinski definition) is 2. The molecule has 0 spiro atoms. The Hall–Kier alpha value is -2.28. The molecule has 0 aliphatic carbocycles. The predicted molar refractivity (Wildman–Crippen MR) is 76.5 cm³/mol. The fourth-order valence-electron chi connectivity index (χ4n) is 1.72. The number of rotatable bonds is 6. The van der Waals surface area contributed by atoms with Crippen molar-refractivity contribution in [3.8, 4) is 0 Å². The Bertz CT molecular complexity index is 602. The van der Waals surface area contributed by atoms with Gasteiger partial charge in [-0.15, -0.1) is 0 Å². The van der Waals surface area contributed by atoms with Gasteiger partial charge in [0.15, 0.2) is 5.82 Å². The van der Waals surface area contributed by atoms with Crippen LogP contribution in [0.1, 0.15) is 12.7 Å². The second-order valence-electron chi connectivity index (χ2n) is 4.22. The van der Waals surface area contributed by atoms with Gasteiger partial charge in [-0.1, -0.05) is 0 Å². The zero-order valence-electron chi connectivity index (χ0n) is 11.8. The van der Waals surface area contributed by atoms with Gasteiger partial charge in [-0.05, 0) is 19.1 Å². The fourth-order valence-corrected chi connectivity index (χ4v) is 1.72. The second kappa shape index (κ2) is 6.94. The lowest BCUT2D eigenvalue weighted by atomic mass is 10.3. The Morgan fingerprint density at radius 1 is 1.05 bits per heavy atom. The molecule has 0 aliphatic rings. The van der Waals surface area contributed by atoms with Gasteiger partial charge in [0.25, 0.3) is 0 Å². The van der Waals surface area contributed by atoms with Crippen molar-refractivity contribution in [1.82, 2.24) is 9.97 Å². The molecule has 0 amide bonds. The maximum Gasteiger partial charge on any atom is 0.158 e. The molecule has 2 aromatic rings. The van der Waals surface area contributed by atoms with E-state index in [1.54, 1.807) is 13.1 Å². The number of aromatic nitrogens is 2. The van der Waals surface area contributed by atoms with Gasteiger partial charge in [0.05, 0.1) is 0 Å². The third-order valence-corrected chi connectivity index (χ3v) is 2.60. The Balaban J connectivity index is 2.25. The van der Waals surface area contributed by atoms with Crippen molar-refractivity contribution < 1.29 is 13.5 Å². The highest BCUT2D eigenvalue weighted by Gasteiger charge is 2.06. The summed E-state index contributed by atoms with van der Waals surface area (Å²) in [6, 6.07) is 4.82. The van der Waals surface area contributed by atoms with Crippen molar-refractivity contribution in [2.75, 3.05) is 24.3 Å². The average Bonchev–Trinajstić information content (AvgIpc) is 2.43. The van der Waals surface area contributed by atoms with Crippen molar-refractivity contribution in [3.63, 3.8) is 0 Å². The first-order valence-corrected chi connectivity index (χ1v) is 6.47. The first kappa shape index (κ1) is 15.1. The molecule has 21 heavy (non-hydrogen) atoms. The summed E-state index contributed by atoms with van der Waals surface area (Å²) in [5.41, 5.74) is 0.274. The van der Waals surface area contributed by atoms with E-state index >= 15 is 0 Å². The Labute approximate surface area is 121 Å². The van der Waals surface area contributed by atoms with Crippen LogP contribution in [0, 0.1) is 11.6 Å². The minimum Gasteiger partial charge on any atom is -0.374 e. The third kappa shape index (κ3) is 4.35. The molecule has 1 heterocycles. The molecule has 0 unspecified atom stereocenters. The number of nitrogens with zero attached hydrogens (tertiary/aromatic N) is 2. The summed E-state index contributed by atoms with van der Waals surface area (Å²) in [6.07, 6.45) is 0. The zero-order valence-corrected chi connectivity index (χ0v) is 11.8. The van der Waals surface area contributed by atoms with E-state index in [0.29, 0.717) is 24.1 Å². The SMILES string of the molecule is CCOCc1nc(NC)cc(Nc2cc(F)cc(F)c2)n1. The predicted octanol–water partition coefficient (Wildman–Crippen LogP) is 3.08. The number of ether oxygens (including phenoxy) is 1. The molecule has 0 radical (unpaired) electrons. The van der Waals surface area contributed by atoms with Crippen LogP contribution in [0.15, 0.2) is 24.3 Å². The van der Waals surface area contributed by atoms with Crippen LogP contribution in [-0.4, -0.2) is 23.6 Å². The monoisotopic (exact) mass is 294 g/mol. The Kier molecular flexibility index (Phi) is 4.99. The molecule has 0 saturated carbocycles. The van der Waals surface area contributed by atoms with E-state index in [-0.39, 0.29) is 12.3 Å². The smallest absolute Gasteiger partial charge is 0.158 e. The lowest BCUT2D eigenvalue weighted by Gasteiger charge is -2.10. The van der Waals surface area contributed by atoms with Crippen molar-refractivity contribution in [2.24, 2.45) is 0 Å². The van der Waals surface area contributed by atoms with E-state index < -0.39 is 11.6 Å². The molecular formula is C14H16F2N4O. The number of hydrogen-bond acceptors (Lipinski definition) is 5. The maximum atomic E-state index is 13.2. The van der Waals surface area contributed by atoms with Gasteiger partial charge in [-0.25, -0.2) is 18.7 Å². The van der Waals surface area contributed by atoms with Crippen molar-refractivity contribution in [2.45, 2.75) is 13.5 Å². The van der Waals surface area contributed by atoms with E-state index in [1.165, 1.54) is 12.1 Å². The van der Waals surface area contributed by atoms with Crippen LogP contribution in [0.25, 0.3) is 0 Å². The van der Waals surface area contributed by atoms with Crippen LogP contribution in [0.3, 0.4) is 0 Å². The average molecular weight is 294 g/mol. The minimum absolute atomic E-state index is 0.262. The van der Waals surface area contributed by atoms with Gasteiger partial charge in [0.1, 0.15) is 29.9 Å².